The first kappa shape index (κ1) is 19.4. The van der Waals surface area contributed by atoms with E-state index in [1.54, 1.807) is 4.68 Å². The van der Waals surface area contributed by atoms with E-state index in [0.29, 0.717) is 24.4 Å². The second-order valence-corrected chi connectivity index (χ2v) is 7.67. The van der Waals surface area contributed by atoms with E-state index in [1.807, 2.05) is 60.8 Å². The molecule has 1 fully saturated rings. The maximum absolute atomic E-state index is 12.9. The first-order valence-corrected chi connectivity index (χ1v) is 10.3. The van der Waals surface area contributed by atoms with Crippen LogP contribution in [-0.2, 0) is 4.74 Å². The van der Waals surface area contributed by atoms with Gasteiger partial charge in [0.15, 0.2) is 0 Å². The zero-order valence-corrected chi connectivity index (χ0v) is 16.8. The molecule has 5 heteroatoms. The Bertz CT molecular complexity index is 944. The number of hydrogen-bond acceptors (Lipinski definition) is 3. The van der Waals surface area contributed by atoms with Crippen molar-refractivity contribution in [2.24, 2.45) is 5.92 Å². The lowest BCUT2D eigenvalue weighted by molar-refractivity contribution is 0.0938. The molecular formula is C24H27N3O2. The van der Waals surface area contributed by atoms with Crippen LogP contribution in [0.4, 0.5) is 0 Å². The van der Waals surface area contributed by atoms with Crippen molar-refractivity contribution >= 4 is 5.91 Å². The van der Waals surface area contributed by atoms with Crippen molar-refractivity contribution in [3.05, 3.63) is 71.9 Å². The number of benzene rings is 2. The molecule has 1 aromatic heterocycles. The van der Waals surface area contributed by atoms with Crippen LogP contribution in [0, 0.1) is 12.8 Å². The van der Waals surface area contributed by atoms with Crippen molar-refractivity contribution in [1.82, 2.24) is 15.1 Å². The highest BCUT2D eigenvalue weighted by molar-refractivity contribution is 5.99. The van der Waals surface area contributed by atoms with Crippen LogP contribution in [0.2, 0.25) is 0 Å². The smallest absolute Gasteiger partial charge is 0.255 e. The normalized spacial score (nSPS) is 13.4. The predicted molar refractivity (Wildman–Crippen MR) is 114 cm³/mol. The molecule has 1 heterocycles. The fourth-order valence-electron chi connectivity index (χ4n) is 3.18. The largest absolute Gasteiger partial charge is 0.381 e. The second-order valence-electron chi connectivity index (χ2n) is 7.67. The number of aryl methyl sites for hydroxylation is 1. The monoisotopic (exact) mass is 389 g/mol. The molecule has 0 aliphatic heterocycles. The molecule has 0 radical (unpaired) electrons. The van der Waals surface area contributed by atoms with Crippen molar-refractivity contribution in [2.75, 3.05) is 19.8 Å². The highest BCUT2D eigenvalue weighted by Gasteiger charge is 2.21. The quantitative estimate of drug-likeness (QED) is 0.552. The minimum absolute atomic E-state index is 0.107. The lowest BCUT2D eigenvalue weighted by Gasteiger charge is -2.06. The third-order valence-electron chi connectivity index (χ3n) is 5.11. The van der Waals surface area contributed by atoms with Gasteiger partial charge < -0.3 is 10.1 Å². The van der Waals surface area contributed by atoms with E-state index in [1.165, 1.54) is 18.4 Å². The van der Waals surface area contributed by atoms with Crippen LogP contribution in [0.15, 0.2) is 60.8 Å². The summed E-state index contributed by atoms with van der Waals surface area (Å²) in [5.41, 5.74) is 4.31. The summed E-state index contributed by atoms with van der Waals surface area (Å²) in [5.74, 6) is 0.662. The zero-order valence-electron chi connectivity index (χ0n) is 16.8. The van der Waals surface area contributed by atoms with Gasteiger partial charge in [-0.3, -0.25) is 4.79 Å². The van der Waals surface area contributed by atoms with Crippen LogP contribution >= 0.6 is 0 Å². The zero-order chi connectivity index (χ0) is 20.1. The lowest BCUT2D eigenvalue weighted by Crippen LogP contribution is -2.25. The average molecular weight is 389 g/mol. The Morgan fingerprint density at radius 1 is 1.14 bits per heavy atom. The molecule has 0 saturated heterocycles. The molecular weight excluding hydrogens is 362 g/mol. The number of nitrogens with zero attached hydrogens (tertiary/aromatic N) is 2. The Balaban J connectivity index is 1.47. The summed E-state index contributed by atoms with van der Waals surface area (Å²) >= 11 is 0. The number of carbonyl (C=O) groups excluding carboxylic acids is 1. The first-order chi connectivity index (χ1) is 14.2. The number of hydrogen-bond donors (Lipinski definition) is 1. The highest BCUT2D eigenvalue weighted by Crippen LogP contribution is 2.28. The van der Waals surface area contributed by atoms with E-state index in [4.69, 9.17) is 9.84 Å². The molecule has 4 rings (SSSR count). The van der Waals surface area contributed by atoms with Gasteiger partial charge in [-0.25, -0.2) is 4.68 Å². The summed E-state index contributed by atoms with van der Waals surface area (Å²) in [5, 5.41) is 7.73. The van der Waals surface area contributed by atoms with Gasteiger partial charge in [0, 0.05) is 31.5 Å². The molecule has 1 aliphatic carbocycles. The maximum Gasteiger partial charge on any atom is 0.255 e. The van der Waals surface area contributed by atoms with E-state index in [0.717, 1.165) is 30.2 Å². The summed E-state index contributed by atoms with van der Waals surface area (Å²) < 4.78 is 7.42. The fourth-order valence-corrected chi connectivity index (χ4v) is 3.18. The third kappa shape index (κ3) is 5.12. The van der Waals surface area contributed by atoms with Crippen LogP contribution in [-0.4, -0.2) is 35.4 Å². The van der Waals surface area contributed by atoms with Gasteiger partial charge in [0.2, 0.25) is 0 Å². The standard InChI is InChI=1S/C24H27N3O2/c1-18-8-12-21(13-9-18)27-16-22(23(26-27)20-6-3-2-4-7-20)24(28)25-14-5-15-29-17-19-10-11-19/h2-4,6-9,12-13,16,19H,5,10-11,14-15,17H2,1H3,(H,25,28). The summed E-state index contributed by atoms with van der Waals surface area (Å²) in [7, 11) is 0. The topological polar surface area (TPSA) is 56.2 Å². The molecule has 0 bridgehead atoms. The molecule has 150 valence electrons. The van der Waals surface area contributed by atoms with Gasteiger partial charge in [-0.15, -0.1) is 0 Å². The van der Waals surface area contributed by atoms with Gasteiger partial charge in [0.1, 0.15) is 5.69 Å². The third-order valence-corrected chi connectivity index (χ3v) is 5.11. The van der Waals surface area contributed by atoms with E-state index >= 15 is 0 Å². The van der Waals surface area contributed by atoms with Crippen molar-refractivity contribution in [3.63, 3.8) is 0 Å². The van der Waals surface area contributed by atoms with Gasteiger partial charge in [-0.2, -0.15) is 5.10 Å². The van der Waals surface area contributed by atoms with Gasteiger partial charge in [-0.05, 0) is 44.2 Å². The fraction of sp³-hybridized carbons (Fsp3) is 0.333. The number of amides is 1. The summed E-state index contributed by atoms with van der Waals surface area (Å²) in [6, 6.07) is 17.9. The Labute approximate surface area is 171 Å². The van der Waals surface area contributed by atoms with Gasteiger partial charge >= 0.3 is 0 Å². The van der Waals surface area contributed by atoms with Crippen LogP contribution in [0.1, 0.15) is 35.2 Å². The first-order valence-electron chi connectivity index (χ1n) is 10.3. The van der Waals surface area contributed by atoms with Crippen LogP contribution in [0.5, 0.6) is 0 Å². The number of nitrogens with one attached hydrogen (secondary N) is 1. The molecule has 0 spiro atoms. The predicted octanol–water partition coefficient (Wildman–Crippen LogP) is 4.39. The van der Waals surface area contributed by atoms with Gasteiger partial charge in [-0.1, -0.05) is 48.0 Å². The Morgan fingerprint density at radius 2 is 1.90 bits per heavy atom. The van der Waals surface area contributed by atoms with Crippen molar-refractivity contribution < 1.29 is 9.53 Å². The lowest BCUT2D eigenvalue weighted by atomic mass is 10.1. The van der Waals surface area contributed by atoms with Gasteiger partial charge in [0.25, 0.3) is 5.91 Å². The number of aromatic nitrogens is 2. The van der Waals surface area contributed by atoms with Crippen molar-refractivity contribution in [3.8, 4) is 16.9 Å². The number of carbonyl (C=O) groups is 1. The summed E-state index contributed by atoms with van der Waals surface area (Å²) in [6.45, 7) is 4.18. The van der Waals surface area contributed by atoms with E-state index in [9.17, 15) is 4.79 Å². The summed E-state index contributed by atoms with van der Waals surface area (Å²) in [6.07, 6.45) is 5.21. The van der Waals surface area contributed by atoms with E-state index in [2.05, 4.69) is 12.2 Å². The SMILES string of the molecule is Cc1ccc(-n2cc(C(=O)NCCCOCC3CC3)c(-c3ccccc3)n2)cc1. The molecule has 1 N–H and O–H groups in total. The van der Waals surface area contributed by atoms with Crippen molar-refractivity contribution in [1.29, 1.82) is 0 Å². The molecule has 1 aliphatic rings. The average Bonchev–Trinajstić information content (AvgIpc) is 3.47. The minimum Gasteiger partial charge on any atom is -0.381 e. The van der Waals surface area contributed by atoms with Crippen LogP contribution in [0.3, 0.4) is 0 Å². The molecule has 1 amide bonds. The maximum atomic E-state index is 12.9. The molecule has 5 nitrogen and oxygen atoms in total. The Hall–Kier alpha value is -2.92. The number of rotatable bonds is 9. The molecule has 0 unspecified atom stereocenters. The van der Waals surface area contributed by atoms with E-state index in [-0.39, 0.29) is 5.91 Å². The minimum atomic E-state index is -0.107. The van der Waals surface area contributed by atoms with Crippen molar-refractivity contribution in [2.45, 2.75) is 26.2 Å². The van der Waals surface area contributed by atoms with E-state index < -0.39 is 0 Å². The molecule has 3 aromatic rings. The molecule has 29 heavy (non-hydrogen) atoms. The van der Waals surface area contributed by atoms with Crippen LogP contribution < -0.4 is 5.32 Å². The number of ether oxygens (including phenoxy) is 1. The Morgan fingerprint density at radius 3 is 2.62 bits per heavy atom. The summed E-state index contributed by atoms with van der Waals surface area (Å²) in [4.78, 5) is 12.9. The van der Waals surface area contributed by atoms with Crippen LogP contribution in [0.25, 0.3) is 16.9 Å². The molecule has 2 aromatic carbocycles. The molecule has 1 saturated carbocycles. The second kappa shape index (κ2) is 9.05. The molecule has 0 atom stereocenters. The highest BCUT2D eigenvalue weighted by atomic mass is 16.5. The Kier molecular flexibility index (Phi) is 6.06. The van der Waals surface area contributed by atoms with Gasteiger partial charge in [0.05, 0.1) is 11.3 Å².